The number of rotatable bonds is 2. The molecule has 1 aliphatic heterocycles. The molecule has 1 saturated heterocycles. The average molecular weight is 330 g/mol. The van der Waals surface area contributed by atoms with Gasteiger partial charge in [0.05, 0.1) is 5.56 Å². The fourth-order valence-electron chi connectivity index (χ4n) is 2.02. The number of nitrogens with one attached hydrogen (secondary N) is 1. The molecule has 18 heavy (non-hydrogen) atoms. The van der Waals surface area contributed by atoms with E-state index < -0.39 is 10.8 Å². The van der Waals surface area contributed by atoms with Gasteiger partial charge in [0.2, 0.25) is 0 Å². The molecule has 0 aliphatic carbocycles. The van der Waals surface area contributed by atoms with Crippen molar-refractivity contribution in [3.63, 3.8) is 0 Å². The van der Waals surface area contributed by atoms with Crippen molar-refractivity contribution in [3.8, 4) is 0 Å². The molecule has 1 heterocycles. The standard InChI is InChI=1S/C13H16BrNO2S/c1-9-3-2-4-11(12(9)14)13(16)15-10-5-7-18(17)8-6-10/h2-4,10H,5-8H2,1H3,(H,15,16). The van der Waals surface area contributed by atoms with Crippen LogP contribution < -0.4 is 5.32 Å². The predicted molar refractivity (Wildman–Crippen MR) is 77.2 cm³/mol. The normalized spacial score (nSPS) is 23.7. The Morgan fingerprint density at radius 2 is 2.06 bits per heavy atom. The maximum Gasteiger partial charge on any atom is 0.252 e. The summed E-state index contributed by atoms with van der Waals surface area (Å²) in [6, 6.07) is 5.81. The Kier molecular flexibility index (Phi) is 4.56. The van der Waals surface area contributed by atoms with Crippen LogP contribution in [0, 0.1) is 6.92 Å². The van der Waals surface area contributed by atoms with Gasteiger partial charge in [-0.2, -0.15) is 0 Å². The second-order valence-electron chi connectivity index (χ2n) is 4.53. The minimum atomic E-state index is -0.689. The molecule has 0 radical (unpaired) electrons. The quantitative estimate of drug-likeness (QED) is 0.905. The molecule has 1 aromatic rings. The first-order valence-electron chi connectivity index (χ1n) is 5.99. The lowest BCUT2D eigenvalue weighted by Gasteiger charge is -2.22. The Labute approximate surface area is 118 Å². The van der Waals surface area contributed by atoms with E-state index >= 15 is 0 Å². The van der Waals surface area contributed by atoms with E-state index in [-0.39, 0.29) is 11.9 Å². The van der Waals surface area contributed by atoms with E-state index in [0.717, 1.165) is 22.9 Å². The Morgan fingerprint density at radius 3 is 2.72 bits per heavy atom. The van der Waals surface area contributed by atoms with Crippen LogP contribution in [0.25, 0.3) is 0 Å². The summed E-state index contributed by atoms with van der Waals surface area (Å²) in [6.45, 7) is 1.96. The highest BCUT2D eigenvalue weighted by atomic mass is 79.9. The number of halogens is 1. The largest absolute Gasteiger partial charge is 0.349 e. The Morgan fingerprint density at radius 1 is 1.39 bits per heavy atom. The predicted octanol–water partition coefficient (Wildman–Crippen LogP) is 2.40. The van der Waals surface area contributed by atoms with Crippen molar-refractivity contribution in [2.24, 2.45) is 0 Å². The van der Waals surface area contributed by atoms with Crippen molar-refractivity contribution in [1.29, 1.82) is 0 Å². The first-order valence-corrected chi connectivity index (χ1v) is 8.27. The van der Waals surface area contributed by atoms with Gasteiger partial charge in [-0.05, 0) is 47.3 Å². The summed E-state index contributed by atoms with van der Waals surface area (Å²) in [5.41, 5.74) is 1.72. The second kappa shape index (κ2) is 5.97. The zero-order chi connectivity index (χ0) is 13.1. The Bertz CT molecular complexity index is 480. The topological polar surface area (TPSA) is 46.2 Å². The van der Waals surface area contributed by atoms with Gasteiger partial charge in [-0.15, -0.1) is 0 Å². The zero-order valence-corrected chi connectivity index (χ0v) is 12.6. The number of carbonyl (C=O) groups is 1. The zero-order valence-electron chi connectivity index (χ0n) is 10.2. The molecule has 1 amide bonds. The summed E-state index contributed by atoms with van der Waals surface area (Å²) in [7, 11) is -0.689. The molecule has 0 aromatic heterocycles. The lowest BCUT2D eigenvalue weighted by molar-refractivity contribution is 0.0933. The van der Waals surface area contributed by atoms with Crippen molar-refractivity contribution in [2.45, 2.75) is 25.8 Å². The van der Waals surface area contributed by atoms with Gasteiger partial charge in [0.15, 0.2) is 0 Å². The molecule has 0 atom stereocenters. The first-order chi connectivity index (χ1) is 8.58. The van der Waals surface area contributed by atoms with Gasteiger partial charge in [-0.25, -0.2) is 0 Å². The number of amides is 1. The minimum absolute atomic E-state index is 0.0525. The highest BCUT2D eigenvalue weighted by Gasteiger charge is 2.21. The molecule has 0 bridgehead atoms. The molecular formula is C13H16BrNO2S. The van der Waals surface area contributed by atoms with Gasteiger partial charge in [0.1, 0.15) is 0 Å². The first kappa shape index (κ1) is 13.7. The van der Waals surface area contributed by atoms with E-state index in [0.29, 0.717) is 17.1 Å². The number of benzene rings is 1. The van der Waals surface area contributed by atoms with Crippen LogP contribution in [-0.4, -0.2) is 27.7 Å². The molecule has 5 heteroatoms. The van der Waals surface area contributed by atoms with Gasteiger partial charge in [-0.3, -0.25) is 9.00 Å². The molecule has 1 aliphatic rings. The second-order valence-corrected chi connectivity index (χ2v) is 7.02. The summed E-state index contributed by atoms with van der Waals surface area (Å²) in [5.74, 6) is 1.34. The summed E-state index contributed by atoms with van der Waals surface area (Å²) >= 11 is 3.45. The maximum atomic E-state index is 12.2. The fraction of sp³-hybridized carbons (Fsp3) is 0.462. The van der Waals surface area contributed by atoms with E-state index in [1.807, 2.05) is 25.1 Å². The Hall–Kier alpha value is -0.680. The van der Waals surface area contributed by atoms with Crippen molar-refractivity contribution in [1.82, 2.24) is 5.32 Å². The molecule has 0 saturated carbocycles. The van der Waals surface area contributed by atoms with E-state index in [9.17, 15) is 9.00 Å². The van der Waals surface area contributed by atoms with Crippen molar-refractivity contribution >= 4 is 32.6 Å². The number of hydrogen-bond acceptors (Lipinski definition) is 2. The van der Waals surface area contributed by atoms with Gasteiger partial charge < -0.3 is 5.32 Å². The number of aryl methyl sites for hydroxylation is 1. The van der Waals surface area contributed by atoms with E-state index in [1.165, 1.54) is 0 Å². The third kappa shape index (κ3) is 3.20. The Balaban J connectivity index is 2.03. The van der Waals surface area contributed by atoms with Crippen LogP contribution in [-0.2, 0) is 10.8 Å². The summed E-state index contributed by atoms with van der Waals surface area (Å²) in [4.78, 5) is 12.2. The summed E-state index contributed by atoms with van der Waals surface area (Å²) < 4.78 is 12.1. The monoisotopic (exact) mass is 329 g/mol. The van der Waals surface area contributed by atoms with E-state index in [1.54, 1.807) is 0 Å². The number of hydrogen-bond donors (Lipinski definition) is 1. The lowest BCUT2D eigenvalue weighted by atomic mass is 10.1. The molecule has 98 valence electrons. The van der Waals surface area contributed by atoms with E-state index in [4.69, 9.17) is 0 Å². The highest BCUT2D eigenvalue weighted by molar-refractivity contribution is 9.10. The van der Waals surface area contributed by atoms with Gasteiger partial charge >= 0.3 is 0 Å². The molecule has 1 aromatic carbocycles. The van der Waals surface area contributed by atoms with Crippen molar-refractivity contribution < 1.29 is 9.00 Å². The molecule has 1 N–H and O–H groups in total. The molecule has 1 fully saturated rings. The van der Waals surface area contributed by atoms with Crippen molar-refractivity contribution in [3.05, 3.63) is 33.8 Å². The third-order valence-electron chi connectivity index (χ3n) is 3.16. The van der Waals surface area contributed by atoms with Crippen LogP contribution in [0.4, 0.5) is 0 Å². The van der Waals surface area contributed by atoms with Crippen LogP contribution in [0.5, 0.6) is 0 Å². The number of carbonyl (C=O) groups excluding carboxylic acids is 1. The highest BCUT2D eigenvalue weighted by Crippen LogP contribution is 2.21. The molecular weight excluding hydrogens is 314 g/mol. The van der Waals surface area contributed by atoms with Crippen LogP contribution in [0.2, 0.25) is 0 Å². The third-order valence-corrected chi connectivity index (χ3v) is 5.59. The molecule has 0 unspecified atom stereocenters. The van der Waals surface area contributed by atoms with Crippen LogP contribution in [0.15, 0.2) is 22.7 Å². The van der Waals surface area contributed by atoms with Crippen LogP contribution >= 0.6 is 15.9 Å². The SMILES string of the molecule is Cc1cccc(C(=O)NC2CCS(=O)CC2)c1Br. The van der Waals surface area contributed by atoms with E-state index in [2.05, 4.69) is 21.2 Å². The summed E-state index contributed by atoms with van der Waals surface area (Å²) in [5, 5.41) is 3.02. The van der Waals surface area contributed by atoms with Gasteiger partial charge in [0, 0.05) is 32.8 Å². The van der Waals surface area contributed by atoms with Gasteiger partial charge in [-0.1, -0.05) is 12.1 Å². The van der Waals surface area contributed by atoms with Crippen LogP contribution in [0.3, 0.4) is 0 Å². The molecule has 3 nitrogen and oxygen atoms in total. The van der Waals surface area contributed by atoms with Gasteiger partial charge in [0.25, 0.3) is 5.91 Å². The minimum Gasteiger partial charge on any atom is -0.349 e. The average Bonchev–Trinajstić information content (AvgIpc) is 2.35. The molecule has 2 rings (SSSR count). The fourth-order valence-corrected chi connectivity index (χ4v) is 3.77. The lowest BCUT2D eigenvalue weighted by Crippen LogP contribution is -2.39. The molecule has 0 spiro atoms. The van der Waals surface area contributed by atoms with Crippen LogP contribution in [0.1, 0.15) is 28.8 Å². The maximum absolute atomic E-state index is 12.2. The summed E-state index contributed by atoms with van der Waals surface area (Å²) in [6.07, 6.45) is 1.61. The smallest absolute Gasteiger partial charge is 0.252 e. The van der Waals surface area contributed by atoms with Crippen molar-refractivity contribution in [2.75, 3.05) is 11.5 Å².